The maximum Gasteiger partial charge on any atom is 0.244 e. The van der Waals surface area contributed by atoms with Crippen molar-refractivity contribution in [2.75, 3.05) is 23.7 Å². The van der Waals surface area contributed by atoms with Crippen LogP contribution in [0.2, 0.25) is 5.02 Å². The summed E-state index contributed by atoms with van der Waals surface area (Å²) in [7, 11) is -3.77. The molecule has 9 heteroatoms. The zero-order chi connectivity index (χ0) is 22.3. The van der Waals surface area contributed by atoms with E-state index in [0.29, 0.717) is 11.6 Å². The number of likely N-dealkylation sites (N-methyl/N-ethyl adjacent to an activating group) is 1. The summed E-state index contributed by atoms with van der Waals surface area (Å²) in [5, 5.41) is 3.06. The zero-order valence-electron chi connectivity index (χ0n) is 17.2. The predicted octanol–water partition coefficient (Wildman–Crippen LogP) is 2.66. The van der Waals surface area contributed by atoms with E-state index >= 15 is 0 Å². The second-order valence-electron chi connectivity index (χ2n) is 6.83. The summed E-state index contributed by atoms with van der Waals surface area (Å²) in [6, 6.07) is 14.7. The van der Waals surface area contributed by atoms with E-state index in [1.165, 1.54) is 11.0 Å². The first-order valence-corrected chi connectivity index (χ1v) is 11.7. The van der Waals surface area contributed by atoms with Crippen LogP contribution in [0.4, 0.5) is 5.69 Å². The molecule has 2 aromatic carbocycles. The first kappa shape index (κ1) is 23.7. The molecule has 30 heavy (non-hydrogen) atoms. The van der Waals surface area contributed by atoms with Crippen molar-refractivity contribution >= 4 is 39.1 Å². The molecule has 0 spiro atoms. The molecule has 0 aromatic heterocycles. The maximum absolute atomic E-state index is 13.2. The van der Waals surface area contributed by atoms with E-state index in [2.05, 4.69) is 5.32 Å². The number of amides is 2. The molecule has 0 bridgehead atoms. The monoisotopic (exact) mass is 451 g/mol. The molecule has 1 atom stereocenters. The van der Waals surface area contributed by atoms with Crippen molar-refractivity contribution in [2.24, 2.45) is 0 Å². The Morgan fingerprint density at radius 3 is 2.33 bits per heavy atom. The van der Waals surface area contributed by atoms with E-state index in [9.17, 15) is 18.0 Å². The molecule has 2 rings (SSSR count). The number of carbonyl (C=O) groups excluding carboxylic acids is 2. The zero-order valence-corrected chi connectivity index (χ0v) is 18.8. The number of nitrogens with one attached hydrogen (secondary N) is 1. The number of anilines is 1. The highest BCUT2D eigenvalue weighted by atomic mass is 35.5. The Labute approximate surface area is 182 Å². The smallest absolute Gasteiger partial charge is 0.244 e. The van der Waals surface area contributed by atoms with E-state index in [0.717, 1.165) is 16.1 Å². The minimum atomic E-state index is -3.77. The van der Waals surface area contributed by atoms with Gasteiger partial charge in [0, 0.05) is 18.1 Å². The van der Waals surface area contributed by atoms with Crippen molar-refractivity contribution in [3.63, 3.8) is 0 Å². The highest BCUT2D eigenvalue weighted by Crippen LogP contribution is 2.22. The van der Waals surface area contributed by atoms with E-state index in [1.807, 2.05) is 30.3 Å². The van der Waals surface area contributed by atoms with Crippen LogP contribution in [0.15, 0.2) is 54.6 Å². The lowest BCUT2D eigenvalue weighted by Gasteiger charge is -2.31. The third-order valence-electron chi connectivity index (χ3n) is 4.49. The summed E-state index contributed by atoms with van der Waals surface area (Å²) in [5.41, 5.74) is 1.11. The number of carbonyl (C=O) groups is 2. The molecule has 2 amide bonds. The Morgan fingerprint density at radius 1 is 1.10 bits per heavy atom. The van der Waals surface area contributed by atoms with Crippen molar-refractivity contribution < 1.29 is 18.0 Å². The SMILES string of the molecule is CCNC(=O)[C@H](C)N(Cc1ccccc1)C(=O)CN(c1cccc(Cl)c1)S(C)(=O)=O. The standard InChI is InChI=1S/C21H26ClN3O4S/c1-4-23-21(27)16(2)24(14-17-9-6-5-7-10-17)20(26)15-25(30(3,28)29)19-12-8-11-18(22)13-19/h5-13,16H,4,14-15H2,1-3H3,(H,23,27)/t16-/m0/s1. The summed E-state index contributed by atoms with van der Waals surface area (Å²) < 4.78 is 25.8. The Balaban J connectivity index is 2.35. The van der Waals surface area contributed by atoms with Crippen molar-refractivity contribution in [3.8, 4) is 0 Å². The topological polar surface area (TPSA) is 86.8 Å². The molecule has 1 N–H and O–H groups in total. The van der Waals surface area contributed by atoms with Crippen LogP contribution < -0.4 is 9.62 Å². The first-order chi connectivity index (χ1) is 14.1. The van der Waals surface area contributed by atoms with E-state index in [4.69, 9.17) is 11.6 Å². The van der Waals surface area contributed by atoms with Crippen molar-refractivity contribution in [2.45, 2.75) is 26.4 Å². The highest BCUT2D eigenvalue weighted by Gasteiger charge is 2.29. The molecule has 0 saturated heterocycles. The average molecular weight is 452 g/mol. The van der Waals surface area contributed by atoms with Gasteiger partial charge in [0.1, 0.15) is 12.6 Å². The fourth-order valence-electron chi connectivity index (χ4n) is 2.93. The largest absolute Gasteiger partial charge is 0.355 e. The normalized spacial score (nSPS) is 12.1. The van der Waals surface area contributed by atoms with Crippen LogP contribution in [0.3, 0.4) is 0 Å². The summed E-state index contributed by atoms with van der Waals surface area (Å²) in [4.78, 5) is 27.0. The first-order valence-electron chi connectivity index (χ1n) is 9.48. The molecule has 7 nitrogen and oxygen atoms in total. The van der Waals surface area contributed by atoms with Crippen LogP contribution in [0, 0.1) is 0 Å². The lowest BCUT2D eigenvalue weighted by atomic mass is 10.1. The number of benzene rings is 2. The minimum absolute atomic E-state index is 0.172. The van der Waals surface area contributed by atoms with Gasteiger partial charge in [-0.15, -0.1) is 0 Å². The second-order valence-corrected chi connectivity index (χ2v) is 9.17. The number of nitrogens with zero attached hydrogens (tertiary/aromatic N) is 2. The molecule has 0 unspecified atom stereocenters. The van der Waals surface area contributed by atoms with Gasteiger partial charge < -0.3 is 10.2 Å². The maximum atomic E-state index is 13.2. The number of halogens is 1. The van der Waals surface area contributed by atoms with E-state index in [-0.39, 0.29) is 18.1 Å². The van der Waals surface area contributed by atoms with E-state index in [1.54, 1.807) is 32.0 Å². The fourth-order valence-corrected chi connectivity index (χ4v) is 3.96. The third-order valence-corrected chi connectivity index (χ3v) is 5.87. The van der Waals surface area contributed by atoms with Gasteiger partial charge >= 0.3 is 0 Å². The summed E-state index contributed by atoms with van der Waals surface area (Å²) in [6.45, 7) is 3.56. The molecule has 0 radical (unpaired) electrons. The van der Waals surface area contributed by atoms with Crippen LogP contribution >= 0.6 is 11.6 Å². The molecule has 0 aliphatic heterocycles. The quantitative estimate of drug-likeness (QED) is 0.635. The molecule has 0 heterocycles. The van der Waals surface area contributed by atoms with Gasteiger partial charge in [-0.1, -0.05) is 48.0 Å². The second kappa shape index (κ2) is 10.4. The Morgan fingerprint density at radius 2 is 1.77 bits per heavy atom. The Kier molecular flexibility index (Phi) is 8.25. The average Bonchev–Trinajstić information content (AvgIpc) is 2.69. The summed E-state index contributed by atoms with van der Waals surface area (Å²) in [5.74, 6) is -0.807. The molecular weight excluding hydrogens is 426 g/mol. The fraction of sp³-hybridized carbons (Fsp3) is 0.333. The highest BCUT2D eigenvalue weighted by molar-refractivity contribution is 7.92. The molecular formula is C21H26ClN3O4S. The summed E-state index contributed by atoms with van der Waals surface area (Å²) >= 11 is 6.00. The lowest BCUT2D eigenvalue weighted by Crippen LogP contribution is -2.51. The number of hydrogen-bond donors (Lipinski definition) is 1. The molecule has 0 fully saturated rings. The number of sulfonamides is 1. The van der Waals surface area contributed by atoms with Crippen LogP contribution in [0.5, 0.6) is 0 Å². The van der Waals surface area contributed by atoms with Crippen LogP contribution in [-0.4, -0.2) is 50.5 Å². The number of rotatable bonds is 9. The Bertz CT molecular complexity index is 983. The van der Waals surface area contributed by atoms with Gasteiger partial charge in [-0.3, -0.25) is 13.9 Å². The van der Waals surface area contributed by atoms with E-state index < -0.39 is 28.5 Å². The van der Waals surface area contributed by atoms with Gasteiger partial charge in [0.2, 0.25) is 21.8 Å². The van der Waals surface area contributed by atoms with Crippen molar-refractivity contribution in [1.29, 1.82) is 0 Å². The van der Waals surface area contributed by atoms with Gasteiger partial charge in [-0.05, 0) is 37.6 Å². The van der Waals surface area contributed by atoms with Gasteiger partial charge in [0.15, 0.2) is 0 Å². The van der Waals surface area contributed by atoms with Gasteiger partial charge in [-0.25, -0.2) is 8.42 Å². The third kappa shape index (κ3) is 6.47. The van der Waals surface area contributed by atoms with Crippen molar-refractivity contribution in [1.82, 2.24) is 10.2 Å². The van der Waals surface area contributed by atoms with Gasteiger partial charge in [-0.2, -0.15) is 0 Å². The van der Waals surface area contributed by atoms with Crippen LogP contribution in [0.25, 0.3) is 0 Å². The minimum Gasteiger partial charge on any atom is -0.355 e. The molecule has 0 saturated carbocycles. The molecule has 162 valence electrons. The lowest BCUT2D eigenvalue weighted by molar-refractivity contribution is -0.139. The van der Waals surface area contributed by atoms with Gasteiger partial charge in [0.05, 0.1) is 11.9 Å². The van der Waals surface area contributed by atoms with Crippen LogP contribution in [-0.2, 0) is 26.2 Å². The van der Waals surface area contributed by atoms with Crippen molar-refractivity contribution in [3.05, 3.63) is 65.2 Å². The van der Waals surface area contributed by atoms with Gasteiger partial charge in [0.25, 0.3) is 0 Å². The Hall–Kier alpha value is -2.58. The molecule has 2 aromatic rings. The molecule has 0 aliphatic rings. The summed E-state index contributed by atoms with van der Waals surface area (Å²) in [6.07, 6.45) is 1.02. The van der Waals surface area contributed by atoms with Crippen LogP contribution in [0.1, 0.15) is 19.4 Å². The number of hydrogen-bond acceptors (Lipinski definition) is 4. The molecule has 0 aliphatic carbocycles. The predicted molar refractivity (Wildman–Crippen MR) is 119 cm³/mol.